The van der Waals surface area contributed by atoms with E-state index in [2.05, 4.69) is 4.98 Å². The third-order valence-corrected chi connectivity index (χ3v) is 2.58. The van der Waals surface area contributed by atoms with Gasteiger partial charge in [0.2, 0.25) is 0 Å². The van der Waals surface area contributed by atoms with Gasteiger partial charge in [0, 0.05) is 36.6 Å². The molecule has 1 aromatic heterocycles. The van der Waals surface area contributed by atoms with Gasteiger partial charge in [0.1, 0.15) is 11.6 Å². The zero-order valence-electron chi connectivity index (χ0n) is 9.15. The van der Waals surface area contributed by atoms with Crippen LogP contribution >= 0.6 is 0 Å². The van der Waals surface area contributed by atoms with Gasteiger partial charge in [-0.2, -0.15) is 0 Å². The molecule has 0 unspecified atom stereocenters. The average molecular weight is 219 g/mol. The van der Waals surface area contributed by atoms with Crippen molar-refractivity contribution in [1.82, 2.24) is 9.55 Å². The van der Waals surface area contributed by atoms with E-state index < -0.39 is 0 Å². The fourth-order valence-electron chi connectivity index (χ4n) is 1.69. The second kappa shape index (κ2) is 4.45. The van der Waals surface area contributed by atoms with Crippen molar-refractivity contribution < 1.29 is 4.39 Å². The maximum absolute atomic E-state index is 13.3. The lowest BCUT2D eigenvalue weighted by atomic mass is 10.1. The lowest BCUT2D eigenvalue weighted by molar-refractivity contribution is 0.610. The van der Waals surface area contributed by atoms with Crippen LogP contribution in [0.2, 0.25) is 0 Å². The summed E-state index contributed by atoms with van der Waals surface area (Å²) >= 11 is 0. The summed E-state index contributed by atoms with van der Waals surface area (Å²) in [6, 6.07) is 4.92. The quantitative estimate of drug-likeness (QED) is 0.859. The molecule has 0 saturated heterocycles. The van der Waals surface area contributed by atoms with Crippen molar-refractivity contribution >= 4 is 0 Å². The Balaban J connectivity index is 2.48. The molecule has 0 aliphatic carbocycles. The minimum absolute atomic E-state index is 0.201. The molecule has 0 amide bonds. The first-order chi connectivity index (χ1) is 7.76. The number of halogens is 1. The van der Waals surface area contributed by atoms with Crippen molar-refractivity contribution in [3.8, 4) is 11.4 Å². The zero-order chi connectivity index (χ0) is 11.5. The SMILES string of the molecule is CCn1ccnc1-c1ccc(F)c(CN)c1. The minimum atomic E-state index is -0.263. The standard InChI is InChI=1S/C12H14FN3/c1-2-16-6-5-15-12(16)9-3-4-11(13)10(7-9)8-14/h3-7H,2,8,14H2,1H3. The Morgan fingerprint density at radius 2 is 2.25 bits per heavy atom. The molecule has 0 atom stereocenters. The van der Waals surface area contributed by atoms with Crippen molar-refractivity contribution in [3.63, 3.8) is 0 Å². The van der Waals surface area contributed by atoms with Gasteiger partial charge >= 0.3 is 0 Å². The molecule has 0 radical (unpaired) electrons. The molecule has 2 N–H and O–H groups in total. The van der Waals surface area contributed by atoms with Gasteiger partial charge in [-0.15, -0.1) is 0 Å². The third kappa shape index (κ3) is 1.84. The summed E-state index contributed by atoms with van der Waals surface area (Å²) in [4.78, 5) is 4.26. The highest BCUT2D eigenvalue weighted by Gasteiger charge is 2.07. The highest BCUT2D eigenvalue weighted by atomic mass is 19.1. The lowest BCUT2D eigenvalue weighted by Gasteiger charge is -2.07. The Hall–Kier alpha value is -1.68. The monoisotopic (exact) mass is 219 g/mol. The van der Waals surface area contributed by atoms with Gasteiger partial charge in [0.05, 0.1) is 0 Å². The van der Waals surface area contributed by atoms with Crippen molar-refractivity contribution in [2.75, 3.05) is 0 Å². The number of nitrogens with two attached hydrogens (primary N) is 1. The maximum Gasteiger partial charge on any atom is 0.139 e. The molecule has 2 rings (SSSR count). The van der Waals surface area contributed by atoms with Crippen molar-refractivity contribution in [1.29, 1.82) is 0 Å². The second-order valence-corrected chi connectivity index (χ2v) is 3.55. The number of aromatic nitrogens is 2. The number of aryl methyl sites for hydroxylation is 1. The molecule has 16 heavy (non-hydrogen) atoms. The summed E-state index contributed by atoms with van der Waals surface area (Å²) in [5.41, 5.74) is 6.89. The first kappa shape index (κ1) is 10.8. The largest absolute Gasteiger partial charge is 0.331 e. The van der Waals surface area contributed by atoms with E-state index in [4.69, 9.17) is 5.73 Å². The number of rotatable bonds is 3. The lowest BCUT2D eigenvalue weighted by Crippen LogP contribution is -2.01. The minimum Gasteiger partial charge on any atom is -0.331 e. The van der Waals surface area contributed by atoms with Gasteiger partial charge in [-0.25, -0.2) is 9.37 Å². The Kier molecular flexibility index (Phi) is 3.01. The van der Waals surface area contributed by atoms with E-state index in [-0.39, 0.29) is 12.4 Å². The molecule has 2 aromatic rings. The van der Waals surface area contributed by atoms with Crippen LogP contribution in [0, 0.1) is 5.82 Å². The zero-order valence-corrected chi connectivity index (χ0v) is 9.15. The first-order valence-corrected chi connectivity index (χ1v) is 5.26. The van der Waals surface area contributed by atoms with Crippen LogP contribution in [0.1, 0.15) is 12.5 Å². The number of hydrogen-bond donors (Lipinski definition) is 1. The van der Waals surface area contributed by atoms with Crippen LogP contribution in [0.3, 0.4) is 0 Å². The summed E-state index contributed by atoms with van der Waals surface area (Å²) < 4.78 is 15.3. The Morgan fingerprint density at radius 3 is 2.94 bits per heavy atom. The molecule has 84 valence electrons. The predicted octanol–water partition coefficient (Wildman–Crippen LogP) is 2.17. The fourth-order valence-corrected chi connectivity index (χ4v) is 1.69. The van der Waals surface area contributed by atoms with Gasteiger partial charge < -0.3 is 10.3 Å². The van der Waals surface area contributed by atoms with E-state index in [1.165, 1.54) is 6.07 Å². The molecule has 1 heterocycles. The van der Waals surface area contributed by atoms with Gasteiger partial charge in [0.15, 0.2) is 0 Å². The summed E-state index contributed by atoms with van der Waals surface area (Å²) in [7, 11) is 0. The van der Waals surface area contributed by atoms with E-state index in [1.807, 2.05) is 17.7 Å². The maximum atomic E-state index is 13.3. The highest BCUT2D eigenvalue weighted by molar-refractivity contribution is 5.57. The molecule has 0 spiro atoms. The average Bonchev–Trinajstić information content (AvgIpc) is 2.78. The van der Waals surface area contributed by atoms with Gasteiger partial charge in [-0.1, -0.05) is 0 Å². The molecule has 4 heteroatoms. The van der Waals surface area contributed by atoms with E-state index in [1.54, 1.807) is 18.3 Å². The number of hydrogen-bond acceptors (Lipinski definition) is 2. The fraction of sp³-hybridized carbons (Fsp3) is 0.250. The normalized spacial score (nSPS) is 10.7. The van der Waals surface area contributed by atoms with Crippen molar-refractivity contribution in [2.24, 2.45) is 5.73 Å². The molecular weight excluding hydrogens is 205 g/mol. The Labute approximate surface area is 93.7 Å². The summed E-state index contributed by atoms with van der Waals surface area (Å²) in [5, 5.41) is 0. The topological polar surface area (TPSA) is 43.8 Å². The van der Waals surface area contributed by atoms with Crippen molar-refractivity contribution in [3.05, 3.63) is 42.0 Å². The number of imidazole rings is 1. The molecule has 0 fully saturated rings. The first-order valence-electron chi connectivity index (χ1n) is 5.26. The van der Waals surface area contributed by atoms with E-state index in [0.717, 1.165) is 17.9 Å². The number of benzene rings is 1. The van der Waals surface area contributed by atoms with E-state index in [0.29, 0.717) is 5.56 Å². The van der Waals surface area contributed by atoms with Crippen molar-refractivity contribution in [2.45, 2.75) is 20.0 Å². The second-order valence-electron chi connectivity index (χ2n) is 3.55. The highest BCUT2D eigenvalue weighted by Crippen LogP contribution is 2.20. The molecule has 1 aromatic carbocycles. The Morgan fingerprint density at radius 1 is 1.44 bits per heavy atom. The van der Waals surface area contributed by atoms with Crippen LogP contribution in [0.25, 0.3) is 11.4 Å². The number of nitrogens with zero attached hydrogens (tertiary/aromatic N) is 2. The van der Waals surface area contributed by atoms with Crippen LogP contribution < -0.4 is 5.73 Å². The van der Waals surface area contributed by atoms with Crippen LogP contribution in [0.15, 0.2) is 30.6 Å². The molecule has 3 nitrogen and oxygen atoms in total. The van der Waals surface area contributed by atoms with Gasteiger partial charge in [0.25, 0.3) is 0 Å². The van der Waals surface area contributed by atoms with Crippen LogP contribution in [-0.2, 0) is 13.1 Å². The van der Waals surface area contributed by atoms with Crippen LogP contribution in [0.4, 0.5) is 4.39 Å². The predicted molar refractivity (Wildman–Crippen MR) is 61.2 cm³/mol. The summed E-state index contributed by atoms with van der Waals surface area (Å²) in [5.74, 6) is 0.582. The summed E-state index contributed by atoms with van der Waals surface area (Å²) in [6.07, 6.45) is 3.64. The molecule has 0 saturated carbocycles. The summed E-state index contributed by atoms with van der Waals surface area (Å²) in [6.45, 7) is 3.08. The van der Waals surface area contributed by atoms with Crippen LogP contribution in [0.5, 0.6) is 0 Å². The van der Waals surface area contributed by atoms with E-state index >= 15 is 0 Å². The Bertz CT molecular complexity index is 491. The molecule has 0 aliphatic rings. The van der Waals surface area contributed by atoms with Gasteiger partial charge in [-0.05, 0) is 25.1 Å². The molecular formula is C12H14FN3. The van der Waals surface area contributed by atoms with E-state index in [9.17, 15) is 4.39 Å². The molecule has 0 aliphatic heterocycles. The van der Waals surface area contributed by atoms with Gasteiger partial charge in [-0.3, -0.25) is 0 Å². The van der Waals surface area contributed by atoms with Crippen LogP contribution in [-0.4, -0.2) is 9.55 Å². The molecule has 0 bridgehead atoms. The third-order valence-electron chi connectivity index (χ3n) is 2.58. The smallest absolute Gasteiger partial charge is 0.139 e.